The van der Waals surface area contributed by atoms with Gasteiger partial charge in [-0.3, -0.25) is 4.79 Å². The molecular formula is C17H17NO. The molecule has 0 amide bonds. The first-order chi connectivity index (χ1) is 9.13. The first-order valence-electron chi connectivity index (χ1n) is 6.63. The molecule has 19 heavy (non-hydrogen) atoms. The molecule has 0 radical (unpaired) electrons. The number of carbonyl (C=O) groups is 1. The zero-order chi connectivity index (χ0) is 13.4. The van der Waals surface area contributed by atoms with Gasteiger partial charge >= 0.3 is 0 Å². The van der Waals surface area contributed by atoms with Crippen molar-refractivity contribution in [1.82, 2.24) is 0 Å². The first-order valence-corrected chi connectivity index (χ1v) is 6.63. The van der Waals surface area contributed by atoms with E-state index < -0.39 is 0 Å². The van der Waals surface area contributed by atoms with Crippen molar-refractivity contribution in [3.8, 4) is 0 Å². The third-order valence-electron chi connectivity index (χ3n) is 3.56. The number of nitrogens with one attached hydrogen (secondary N) is 1. The predicted octanol–water partition coefficient (Wildman–Crippen LogP) is 3.50. The first kappa shape index (κ1) is 12.0. The second kappa shape index (κ2) is 4.54. The van der Waals surface area contributed by atoms with Crippen molar-refractivity contribution in [1.29, 1.82) is 0 Å². The van der Waals surface area contributed by atoms with E-state index in [4.69, 9.17) is 0 Å². The molecule has 0 aromatic heterocycles. The lowest BCUT2D eigenvalue weighted by molar-refractivity contribution is 0.103. The maximum Gasteiger partial charge on any atom is 0.193 e. The maximum atomic E-state index is 12.5. The van der Waals surface area contributed by atoms with Crippen molar-refractivity contribution in [2.45, 2.75) is 20.3 Å². The number of carbonyl (C=O) groups excluding carboxylic acids is 1. The van der Waals surface area contributed by atoms with E-state index in [1.807, 2.05) is 44.2 Å². The summed E-state index contributed by atoms with van der Waals surface area (Å²) in [7, 11) is 0. The van der Waals surface area contributed by atoms with Gasteiger partial charge in [0, 0.05) is 23.4 Å². The van der Waals surface area contributed by atoms with Crippen LogP contribution in [0.25, 0.3) is 0 Å². The fourth-order valence-electron chi connectivity index (χ4n) is 2.72. The average Bonchev–Trinajstić information content (AvgIpc) is 2.83. The normalized spacial score (nSPS) is 12.9. The molecule has 0 saturated heterocycles. The molecule has 1 N–H and O–H groups in total. The molecule has 96 valence electrons. The summed E-state index contributed by atoms with van der Waals surface area (Å²) in [5.74, 6) is 0.113. The van der Waals surface area contributed by atoms with E-state index in [0.717, 1.165) is 40.9 Å². The predicted molar refractivity (Wildman–Crippen MR) is 78.0 cm³/mol. The van der Waals surface area contributed by atoms with Crippen molar-refractivity contribution in [3.63, 3.8) is 0 Å². The Balaban J connectivity index is 1.99. The Labute approximate surface area is 113 Å². The van der Waals surface area contributed by atoms with Gasteiger partial charge in [-0.05, 0) is 56.2 Å². The number of rotatable bonds is 2. The number of hydrogen-bond donors (Lipinski definition) is 1. The Hall–Kier alpha value is -2.09. The Morgan fingerprint density at radius 2 is 1.74 bits per heavy atom. The lowest BCUT2D eigenvalue weighted by Gasteiger charge is -2.06. The van der Waals surface area contributed by atoms with E-state index in [-0.39, 0.29) is 5.78 Å². The highest BCUT2D eigenvalue weighted by Crippen LogP contribution is 2.24. The molecule has 0 aliphatic carbocycles. The van der Waals surface area contributed by atoms with E-state index in [2.05, 4.69) is 11.4 Å². The van der Waals surface area contributed by atoms with Crippen LogP contribution in [0.1, 0.15) is 32.6 Å². The molecule has 3 rings (SSSR count). The summed E-state index contributed by atoms with van der Waals surface area (Å²) in [6.07, 6.45) is 1.00. The monoisotopic (exact) mass is 251 g/mol. The van der Waals surface area contributed by atoms with Gasteiger partial charge in [0.1, 0.15) is 0 Å². The largest absolute Gasteiger partial charge is 0.384 e. The van der Waals surface area contributed by atoms with Crippen molar-refractivity contribution >= 4 is 11.5 Å². The molecule has 0 fully saturated rings. The quantitative estimate of drug-likeness (QED) is 0.828. The number of ketones is 1. The van der Waals surface area contributed by atoms with Gasteiger partial charge in [0.2, 0.25) is 0 Å². The molecule has 1 aliphatic rings. The van der Waals surface area contributed by atoms with E-state index >= 15 is 0 Å². The zero-order valence-corrected chi connectivity index (χ0v) is 11.3. The number of anilines is 1. The van der Waals surface area contributed by atoms with Gasteiger partial charge in [-0.1, -0.05) is 17.2 Å². The molecule has 2 aromatic carbocycles. The van der Waals surface area contributed by atoms with Gasteiger partial charge in [0.15, 0.2) is 5.78 Å². The van der Waals surface area contributed by atoms with E-state index in [9.17, 15) is 4.79 Å². The summed E-state index contributed by atoms with van der Waals surface area (Å²) >= 11 is 0. The minimum atomic E-state index is 0.113. The van der Waals surface area contributed by atoms with Crippen molar-refractivity contribution in [2.24, 2.45) is 0 Å². The van der Waals surface area contributed by atoms with Crippen molar-refractivity contribution < 1.29 is 4.79 Å². The Kier molecular flexibility index (Phi) is 2.86. The van der Waals surface area contributed by atoms with Crippen LogP contribution in [0.15, 0.2) is 36.4 Å². The van der Waals surface area contributed by atoms with Gasteiger partial charge in [-0.15, -0.1) is 0 Å². The Bertz CT molecular complexity index is 638. The van der Waals surface area contributed by atoms with E-state index in [1.165, 1.54) is 5.56 Å². The van der Waals surface area contributed by atoms with Crippen molar-refractivity contribution in [2.75, 3.05) is 11.9 Å². The molecular weight excluding hydrogens is 234 g/mol. The van der Waals surface area contributed by atoms with Gasteiger partial charge in [0.05, 0.1) is 0 Å². The highest BCUT2D eigenvalue weighted by Gasteiger charge is 2.15. The van der Waals surface area contributed by atoms with Gasteiger partial charge < -0.3 is 5.32 Å². The minimum Gasteiger partial charge on any atom is -0.384 e. The lowest BCUT2D eigenvalue weighted by Crippen LogP contribution is -2.03. The lowest BCUT2D eigenvalue weighted by atomic mass is 9.97. The second-order valence-corrected chi connectivity index (χ2v) is 5.25. The summed E-state index contributed by atoms with van der Waals surface area (Å²) in [6, 6.07) is 12.0. The van der Waals surface area contributed by atoms with E-state index in [1.54, 1.807) is 0 Å². The van der Waals surface area contributed by atoms with Crippen LogP contribution in [-0.2, 0) is 6.42 Å². The highest BCUT2D eigenvalue weighted by atomic mass is 16.1. The highest BCUT2D eigenvalue weighted by molar-refractivity contribution is 6.09. The van der Waals surface area contributed by atoms with Crippen LogP contribution >= 0.6 is 0 Å². The van der Waals surface area contributed by atoms with Crippen LogP contribution in [-0.4, -0.2) is 12.3 Å². The van der Waals surface area contributed by atoms with Crippen LogP contribution in [0.5, 0.6) is 0 Å². The van der Waals surface area contributed by atoms with E-state index in [0.29, 0.717) is 0 Å². The Morgan fingerprint density at radius 1 is 1.00 bits per heavy atom. The fraction of sp³-hybridized carbons (Fsp3) is 0.235. The summed E-state index contributed by atoms with van der Waals surface area (Å²) in [5, 5.41) is 3.31. The number of aryl methyl sites for hydroxylation is 2. The number of hydrogen-bond acceptors (Lipinski definition) is 2. The number of benzene rings is 2. The summed E-state index contributed by atoms with van der Waals surface area (Å²) in [4.78, 5) is 12.5. The SMILES string of the molecule is Cc1cc(C)cc(C(=O)c2ccc3c(c2)CCN3)c1. The smallest absolute Gasteiger partial charge is 0.193 e. The van der Waals surface area contributed by atoms with Crippen LogP contribution in [0, 0.1) is 13.8 Å². The molecule has 0 bridgehead atoms. The molecule has 2 nitrogen and oxygen atoms in total. The van der Waals surface area contributed by atoms with Crippen LogP contribution < -0.4 is 5.32 Å². The van der Waals surface area contributed by atoms with Gasteiger partial charge in [-0.25, -0.2) is 0 Å². The summed E-state index contributed by atoms with van der Waals surface area (Å²) in [6.45, 7) is 5.02. The standard InChI is InChI=1S/C17H17NO/c1-11-7-12(2)9-15(8-11)17(19)14-3-4-16-13(10-14)5-6-18-16/h3-4,7-10,18H,5-6H2,1-2H3. The molecule has 2 heteroatoms. The Morgan fingerprint density at radius 3 is 2.47 bits per heavy atom. The third kappa shape index (κ3) is 2.26. The molecule has 0 atom stereocenters. The zero-order valence-electron chi connectivity index (χ0n) is 11.3. The van der Waals surface area contributed by atoms with Crippen LogP contribution in [0.2, 0.25) is 0 Å². The summed E-state index contributed by atoms with van der Waals surface area (Å²) in [5.41, 5.74) is 6.24. The number of fused-ring (bicyclic) bond motifs is 1. The molecule has 1 heterocycles. The minimum absolute atomic E-state index is 0.113. The maximum absolute atomic E-state index is 12.5. The third-order valence-corrected chi connectivity index (χ3v) is 3.56. The second-order valence-electron chi connectivity index (χ2n) is 5.25. The summed E-state index contributed by atoms with van der Waals surface area (Å²) < 4.78 is 0. The molecule has 2 aromatic rings. The van der Waals surface area contributed by atoms with Crippen LogP contribution in [0.4, 0.5) is 5.69 Å². The molecule has 0 saturated carbocycles. The van der Waals surface area contributed by atoms with Crippen molar-refractivity contribution in [3.05, 3.63) is 64.2 Å². The fourth-order valence-corrected chi connectivity index (χ4v) is 2.72. The topological polar surface area (TPSA) is 29.1 Å². The molecule has 0 spiro atoms. The van der Waals surface area contributed by atoms with Crippen LogP contribution in [0.3, 0.4) is 0 Å². The van der Waals surface area contributed by atoms with Gasteiger partial charge in [-0.2, -0.15) is 0 Å². The average molecular weight is 251 g/mol. The molecule has 0 unspecified atom stereocenters. The van der Waals surface area contributed by atoms with Gasteiger partial charge in [0.25, 0.3) is 0 Å². The molecule has 1 aliphatic heterocycles.